The number of fused-ring (bicyclic) bond motifs is 4. The smallest absolute Gasteiger partial charge is 0.270 e. The molecule has 0 aliphatic carbocycles. The Labute approximate surface area is 208 Å². The number of carbonyl (C=O) groups excluding carboxylic acids is 2. The van der Waals surface area contributed by atoms with Gasteiger partial charge < -0.3 is 10.1 Å². The Bertz CT molecular complexity index is 1390. The van der Waals surface area contributed by atoms with E-state index in [-0.39, 0.29) is 34.9 Å². The summed E-state index contributed by atoms with van der Waals surface area (Å²) in [4.78, 5) is 41.7. The Balaban J connectivity index is 1.61. The molecule has 4 atom stereocenters. The van der Waals surface area contributed by atoms with Crippen molar-refractivity contribution in [2.24, 2.45) is 5.92 Å². The summed E-state index contributed by atoms with van der Waals surface area (Å²) >= 11 is 0. The summed E-state index contributed by atoms with van der Waals surface area (Å²) in [6, 6.07) is 21.1. The first kappa shape index (κ1) is 22.4. The van der Waals surface area contributed by atoms with Crippen molar-refractivity contribution in [3.63, 3.8) is 0 Å². The number of anilines is 1. The van der Waals surface area contributed by atoms with Crippen LogP contribution in [-0.2, 0) is 10.3 Å². The maximum absolute atomic E-state index is 14.4. The van der Waals surface area contributed by atoms with Gasteiger partial charge in [-0.15, -0.1) is 0 Å². The number of nitro groups is 1. The summed E-state index contributed by atoms with van der Waals surface area (Å²) < 4.78 is 5.51. The third-order valence-corrected chi connectivity index (χ3v) is 8.02. The van der Waals surface area contributed by atoms with Crippen molar-refractivity contribution >= 4 is 23.1 Å². The molecule has 0 aromatic heterocycles. The van der Waals surface area contributed by atoms with Gasteiger partial charge in [-0.05, 0) is 43.1 Å². The summed E-state index contributed by atoms with van der Waals surface area (Å²) in [5, 5.41) is 14.5. The van der Waals surface area contributed by atoms with Gasteiger partial charge >= 0.3 is 0 Å². The van der Waals surface area contributed by atoms with Crippen LogP contribution in [0.1, 0.15) is 40.2 Å². The van der Waals surface area contributed by atoms with E-state index < -0.39 is 16.4 Å². The monoisotopic (exact) mass is 483 g/mol. The van der Waals surface area contributed by atoms with Crippen LogP contribution in [0.25, 0.3) is 0 Å². The number of nitrogens with zero attached hydrogens (tertiary/aromatic N) is 2. The zero-order chi connectivity index (χ0) is 25.0. The maximum Gasteiger partial charge on any atom is 0.270 e. The molecule has 0 radical (unpaired) electrons. The van der Waals surface area contributed by atoms with Crippen LogP contribution in [0.3, 0.4) is 0 Å². The Kier molecular flexibility index (Phi) is 5.15. The average Bonchev–Trinajstić information content (AvgIpc) is 3.57. The van der Waals surface area contributed by atoms with Crippen LogP contribution in [0.5, 0.6) is 5.75 Å². The minimum absolute atomic E-state index is 0.0250. The van der Waals surface area contributed by atoms with Crippen LogP contribution < -0.4 is 10.1 Å². The number of nitro benzene ring substituents is 1. The number of rotatable bonds is 5. The molecule has 1 spiro atoms. The second-order valence-electron chi connectivity index (χ2n) is 9.62. The molecule has 2 saturated heterocycles. The Hall–Kier alpha value is -4.04. The van der Waals surface area contributed by atoms with Crippen LogP contribution in [0.15, 0.2) is 72.8 Å². The number of hydrogen-bond acceptors (Lipinski definition) is 6. The summed E-state index contributed by atoms with van der Waals surface area (Å²) in [6.07, 6.45) is 1.77. The van der Waals surface area contributed by atoms with Gasteiger partial charge in [0, 0.05) is 40.9 Å². The number of ether oxygens (including phenoxy) is 1. The van der Waals surface area contributed by atoms with Gasteiger partial charge in [0.15, 0.2) is 5.78 Å². The van der Waals surface area contributed by atoms with Crippen LogP contribution in [0, 0.1) is 16.0 Å². The highest BCUT2D eigenvalue weighted by Crippen LogP contribution is 2.61. The van der Waals surface area contributed by atoms with Crippen molar-refractivity contribution in [1.82, 2.24) is 4.90 Å². The molecule has 3 aliphatic rings. The predicted molar refractivity (Wildman–Crippen MR) is 133 cm³/mol. The Morgan fingerprint density at radius 3 is 2.67 bits per heavy atom. The van der Waals surface area contributed by atoms with Crippen molar-refractivity contribution in [3.8, 4) is 5.75 Å². The van der Waals surface area contributed by atoms with E-state index in [4.69, 9.17) is 4.74 Å². The Morgan fingerprint density at radius 2 is 1.92 bits per heavy atom. The van der Waals surface area contributed by atoms with Crippen LogP contribution in [0.4, 0.5) is 11.4 Å². The number of non-ortho nitro benzene ring substituents is 1. The number of carbonyl (C=O) groups is 2. The number of Topliss-reactive ketones (excluding diaryl/α,β-unsaturated/α-hetero) is 1. The molecule has 3 unspecified atom stereocenters. The number of nitrogens with one attached hydrogen (secondary N) is 1. The molecule has 182 valence electrons. The first-order valence-corrected chi connectivity index (χ1v) is 12.1. The number of benzene rings is 3. The minimum Gasteiger partial charge on any atom is -0.497 e. The quantitative estimate of drug-likeness (QED) is 0.325. The molecule has 1 amide bonds. The van der Waals surface area contributed by atoms with Crippen LogP contribution >= 0.6 is 0 Å². The lowest BCUT2D eigenvalue weighted by Gasteiger charge is -2.37. The van der Waals surface area contributed by atoms with Crippen molar-refractivity contribution < 1.29 is 19.2 Å². The van der Waals surface area contributed by atoms with Crippen molar-refractivity contribution in [3.05, 3.63) is 99.6 Å². The van der Waals surface area contributed by atoms with Gasteiger partial charge in [0.05, 0.1) is 18.0 Å². The number of methoxy groups -OCH3 is 1. The summed E-state index contributed by atoms with van der Waals surface area (Å²) in [7, 11) is 1.57. The zero-order valence-corrected chi connectivity index (χ0v) is 19.7. The normalized spacial score (nSPS) is 26.5. The van der Waals surface area contributed by atoms with E-state index in [1.165, 1.54) is 18.2 Å². The van der Waals surface area contributed by atoms with Gasteiger partial charge in [0.2, 0.25) is 5.91 Å². The topological polar surface area (TPSA) is 102 Å². The largest absolute Gasteiger partial charge is 0.497 e. The van der Waals surface area contributed by atoms with Crippen molar-refractivity contribution in [2.45, 2.75) is 30.3 Å². The second kappa shape index (κ2) is 8.27. The lowest BCUT2D eigenvalue weighted by atomic mass is 9.68. The molecule has 6 rings (SSSR count). The first-order chi connectivity index (χ1) is 17.5. The van der Waals surface area contributed by atoms with Gasteiger partial charge in [-0.3, -0.25) is 24.6 Å². The molecule has 3 aliphatic heterocycles. The molecule has 8 nitrogen and oxygen atoms in total. The van der Waals surface area contributed by atoms with Gasteiger partial charge in [0.25, 0.3) is 5.69 Å². The SMILES string of the molecule is COc1ccc2c(c1)[C@]1(C(=O)N2)C(C(=O)c2cccc([N+](=O)[O-])c2)C(c2ccccc2)C2CCCN21. The Morgan fingerprint density at radius 1 is 1.11 bits per heavy atom. The fourth-order valence-corrected chi connectivity index (χ4v) is 6.67. The molecule has 3 heterocycles. The average molecular weight is 484 g/mol. The fourth-order valence-electron chi connectivity index (χ4n) is 6.67. The third-order valence-electron chi connectivity index (χ3n) is 8.02. The molecule has 3 aromatic carbocycles. The van der Waals surface area contributed by atoms with E-state index >= 15 is 0 Å². The predicted octanol–water partition coefficient (Wildman–Crippen LogP) is 4.51. The highest BCUT2D eigenvalue weighted by molar-refractivity contribution is 6.12. The molecule has 0 saturated carbocycles. The van der Waals surface area contributed by atoms with Gasteiger partial charge in [-0.1, -0.05) is 42.5 Å². The molecular weight excluding hydrogens is 458 g/mol. The maximum atomic E-state index is 14.4. The molecule has 36 heavy (non-hydrogen) atoms. The summed E-state index contributed by atoms with van der Waals surface area (Å²) in [6.45, 7) is 0.677. The lowest BCUT2D eigenvalue weighted by Crippen LogP contribution is -2.52. The summed E-state index contributed by atoms with van der Waals surface area (Å²) in [5.74, 6) is -0.943. The van der Waals surface area contributed by atoms with Crippen LogP contribution in [0.2, 0.25) is 0 Å². The van der Waals surface area contributed by atoms with E-state index in [0.717, 1.165) is 24.0 Å². The molecule has 3 aromatic rings. The lowest BCUT2D eigenvalue weighted by molar-refractivity contribution is -0.384. The molecular formula is C28H25N3O5. The van der Waals surface area contributed by atoms with E-state index in [0.29, 0.717) is 18.0 Å². The van der Waals surface area contributed by atoms with E-state index in [1.807, 2.05) is 42.5 Å². The van der Waals surface area contributed by atoms with E-state index in [1.54, 1.807) is 19.2 Å². The standard InChI is InChI=1S/C28H25N3O5/c1-36-20-12-13-22-21(16-20)28(27(33)29-22)25(26(32)18-9-5-10-19(15-18)31(34)35)24(17-7-3-2-4-8-17)23-11-6-14-30(23)28/h2-5,7-10,12-13,15-16,23-25H,6,11,14H2,1H3,(H,29,33)/t23?,24?,25?,28-/m1/s1. The van der Waals surface area contributed by atoms with Gasteiger partial charge in [-0.2, -0.15) is 0 Å². The zero-order valence-electron chi connectivity index (χ0n) is 19.7. The van der Waals surface area contributed by atoms with E-state index in [9.17, 15) is 19.7 Å². The molecule has 8 heteroatoms. The summed E-state index contributed by atoms with van der Waals surface area (Å²) in [5.41, 5.74) is 1.22. The van der Waals surface area contributed by atoms with Gasteiger partial charge in [0.1, 0.15) is 11.3 Å². The van der Waals surface area contributed by atoms with Gasteiger partial charge in [-0.25, -0.2) is 0 Å². The van der Waals surface area contributed by atoms with Crippen LogP contribution in [-0.4, -0.2) is 41.2 Å². The molecule has 0 bridgehead atoms. The second-order valence-corrected chi connectivity index (χ2v) is 9.62. The third kappa shape index (κ3) is 3.04. The number of ketones is 1. The first-order valence-electron chi connectivity index (χ1n) is 12.1. The number of hydrogen-bond donors (Lipinski definition) is 1. The molecule has 1 N–H and O–H groups in total. The van der Waals surface area contributed by atoms with Crippen molar-refractivity contribution in [1.29, 1.82) is 0 Å². The molecule has 2 fully saturated rings. The van der Waals surface area contributed by atoms with Crippen molar-refractivity contribution in [2.75, 3.05) is 19.0 Å². The van der Waals surface area contributed by atoms with E-state index in [2.05, 4.69) is 10.2 Å². The highest BCUT2D eigenvalue weighted by atomic mass is 16.6. The highest BCUT2D eigenvalue weighted by Gasteiger charge is 2.69. The fraction of sp³-hybridized carbons (Fsp3) is 0.286. The minimum atomic E-state index is -1.24. The number of amides is 1.